The molecule has 3 aromatic rings. The minimum absolute atomic E-state index is 0.0779. The quantitative estimate of drug-likeness (QED) is 0.522. The molecule has 0 bridgehead atoms. The van der Waals surface area contributed by atoms with Crippen LogP contribution in [-0.2, 0) is 4.79 Å². The third-order valence-electron chi connectivity index (χ3n) is 4.01. The number of hydrogen-bond acceptors (Lipinski definition) is 4. The lowest BCUT2D eigenvalue weighted by atomic mass is 10.1. The fourth-order valence-electron chi connectivity index (χ4n) is 2.69. The van der Waals surface area contributed by atoms with E-state index in [2.05, 4.69) is 5.32 Å². The van der Waals surface area contributed by atoms with Gasteiger partial charge in [-0.25, -0.2) is 0 Å². The molecule has 0 aliphatic carbocycles. The fourth-order valence-corrected chi connectivity index (χ4v) is 2.69. The van der Waals surface area contributed by atoms with Gasteiger partial charge in [0.25, 0.3) is 11.6 Å². The second-order valence-electron chi connectivity index (χ2n) is 5.79. The molecule has 0 aliphatic rings. The fraction of sp³-hybridized carbons (Fsp3) is 0.150. The van der Waals surface area contributed by atoms with Crippen molar-refractivity contribution >= 4 is 28.1 Å². The first-order chi connectivity index (χ1) is 12.6. The van der Waals surface area contributed by atoms with Crippen LogP contribution in [0.15, 0.2) is 66.7 Å². The van der Waals surface area contributed by atoms with Crippen molar-refractivity contribution in [2.24, 2.45) is 0 Å². The number of fused-ring (bicyclic) bond motifs is 1. The van der Waals surface area contributed by atoms with E-state index in [9.17, 15) is 14.9 Å². The van der Waals surface area contributed by atoms with Crippen LogP contribution in [0.25, 0.3) is 10.8 Å². The van der Waals surface area contributed by atoms with E-state index < -0.39 is 11.0 Å². The normalized spacial score (nSPS) is 11.7. The van der Waals surface area contributed by atoms with Crippen LogP contribution in [0.3, 0.4) is 0 Å². The van der Waals surface area contributed by atoms with Crippen LogP contribution < -0.4 is 10.1 Å². The lowest BCUT2D eigenvalue weighted by Gasteiger charge is -2.18. The maximum Gasteiger partial charge on any atom is 0.271 e. The highest BCUT2D eigenvalue weighted by atomic mass is 16.6. The van der Waals surface area contributed by atoms with Crippen molar-refractivity contribution in [3.05, 3.63) is 76.8 Å². The van der Waals surface area contributed by atoms with Gasteiger partial charge in [-0.2, -0.15) is 0 Å². The van der Waals surface area contributed by atoms with Crippen molar-refractivity contribution in [3.8, 4) is 5.75 Å². The minimum atomic E-state index is -0.708. The number of nitrogens with one attached hydrogen (secondary N) is 1. The predicted molar refractivity (Wildman–Crippen MR) is 100 cm³/mol. The summed E-state index contributed by atoms with van der Waals surface area (Å²) in [6.07, 6.45) is -0.246. The Balaban J connectivity index is 1.79. The predicted octanol–water partition coefficient (Wildman–Crippen LogP) is 4.54. The molecule has 0 aromatic heterocycles. The van der Waals surface area contributed by atoms with E-state index in [4.69, 9.17) is 4.74 Å². The lowest BCUT2D eigenvalue weighted by Crippen LogP contribution is -2.32. The topological polar surface area (TPSA) is 81.5 Å². The van der Waals surface area contributed by atoms with Crippen LogP contribution in [0.5, 0.6) is 5.75 Å². The van der Waals surface area contributed by atoms with E-state index in [1.165, 1.54) is 18.2 Å². The molecule has 0 aliphatic heterocycles. The van der Waals surface area contributed by atoms with Gasteiger partial charge in [0.1, 0.15) is 5.75 Å². The summed E-state index contributed by atoms with van der Waals surface area (Å²) in [6, 6.07) is 19.3. The molecule has 1 N–H and O–H groups in total. The molecule has 26 heavy (non-hydrogen) atoms. The maximum absolute atomic E-state index is 12.6. The third-order valence-corrected chi connectivity index (χ3v) is 4.01. The Kier molecular flexibility index (Phi) is 5.12. The summed E-state index contributed by atoms with van der Waals surface area (Å²) in [7, 11) is 0. The number of nitro benzene ring substituents is 1. The first kappa shape index (κ1) is 17.4. The van der Waals surface area contributed by atoms with Gasteiger partial charge in [-0.15, -0.1) is 0 Å². The molecular weight excluding hydrogens is 332 g/mol. The van der Waals surface area contributed by atoms with Gasteiger partial charge in [0.2, 0.25) is 0 Å². The summed E-state index contributed by atoms with van der Waals surface area (Å²) in [6.45, 7) is 1.85. The van der Waals surface area contributed by atoms with Crippen LogP contribution in [-0.4, -0.2) is 16.9 Å². The third kappa shape index (κ3) is 3.80. The summed E-state index contributed by atoms with van der Waals surface area (Å²) < 4.78 is 5.94. The molecule has 0 spiro atoms. The van der Waals surface area contributed by atoms with Crippen molar-refractivity contribution < 1.29 is 14.5 Å². The zero-order chi connectivity index (χ0) is 18.5. The Morgan fingerprint density at radius 3 is 2.62 bits per heavy atom. The molecule has 0 saturated carbocycles. The lowest BCUT2D eigenvalue weighted by molar-refractivity contribution is -0.384. The van der Waals surface area contributed by atoms with E-state index in [0.717, 1.165) is 10.8 Å². The van der Waals surface area contributed by atoms with Crippen LogP contribution in [0.2, 0.25) is 0 Å². The zero-order valence-electron chi connectivity index (χ0n) is 14.2. The number of anilines is 1. The molecule has 0 unspecified atom stereocenters. The van der Waals surface area contributed by atoms with Gasteiger partial charge in [0.15, 0.2) is 6.10 Å². The van der Waals surface area contributed by atoms with Crippen molar-refractivity contribution in [2.45, 2.75) is 19.4 Å². The largest absolute Gasteiger partial charge is 0.480 e. The molecule has 6 nitrogen and oxygen atoms in total. The van der Waals surface area contributed by atoms with Crippen LogP contribution in [0.1, 0.15) is 13.3 Å². The standard InChI is InChI=1S/C20H18N2O4/c1-2-18(20(23)21-15-9-6-10-16(13-15)22(24)25)26-19-12-5-8-14-7-3-4-11-17(14)19/h3-13,18H,2H2,1H3,(H,21,23)/t18-/m1/s1. The molecule has 6 heteroatoms. The van der Waals surface area contributed by atoms with Crippen LogP contribution >= 0.6 is 0 Å². The maximum atomic E-state index is 12.6. The second kappa shape index (κ2) is 7.65. The van der Waals surface area contributed by atoms with Crippen molar-refractivity contribution in [3.63, 3.8) is 0 Å². The SMILES string of the molecule is CC[C@@H](Oc1cccc2ccccc12)C(=O)Nc1cccc([N+](=O)[O-])c1. The van der Waals surface area contributed by atoms with Gasteiger partial charge in [0, 0.05) is 23.2 Å². The smallest absolute Gasteiger partial charge is 0.271 e. The molecule has 3 rings (SSSR count). The molecule has 1 amide bonds. The summed E-state index contributed by atoms with van der Waals surface area (Å²) >= 11 is 0. The average molecular weight is 350 g/mol. The van der Waals surface area contributed by atoms with E-state index in [1.807, 2.05) is 49.4 Å². The molecule has 3 aromatic carbocycles. The van der Waals surface area contributed by atoms with Crippen molar-refractivity contribution in [1.29, 1.82) is 0 Å². The van der Waals surface area contributed by atoms with Gasteiger partial charge in [-0.3, -0.25) is 14.9 Å². The number of benzene rings is 3. The van der Waals surface area contributed by atoms with Gasteiger partial charge in [0.05, 0.1) is 4.92 Å². The van der Waals surface area contributed by atoms with Crippen LogP contribution in [0.4, 0.5) is 11.4 Å². The number of non-ortho nitro benzene ring substituents is 1. The van der Waals surface area contributed by atoms with Gasteiger partial charge in [-0.05, 0) is 23.9 Å². The molecular formula is C20H18N2O4. The minimum Gasteiger partial charge on any atom is -0.480 e. The van der Waals surface area contributed by atoms with Gasteiger partial charge >= 0.3 is 0 Å². The number of ether oxygens (including phenoxy) is 1. The Labute approximate surface area is 150 Å². The number of nitrogens with zero attached hydrogens (tertiary/aromatic N) is 1. The summed E-state index contributed by atoms with van der Waals surface area (Å²) in [5.74, 6) is 0.282. The van der Waals surface area contributed by atoms with Gasteiger partial charge < -0.3 is 10.1 Å². The van der Waals surface area contributed by atoms with E-state index in [-0.39, 0.29) is 11.6 Å². The summed E-state index contributed by atoms with van der Waals surface area (Å²) in [5, 5.41) is 15.5. The highest BCUT2D eigenvalue weighted by Gasteiger charge is 2.20. The van der Waals surface area contributed by atoms with E-state index in [0.29, 0.717) is 17.9 Å². The van der Waals surface area contributed by atoms with Crippen molar-refractivity contribution in [2.75, 3.05) is 5.32 Å². The summed E-state index contributed by atoms with van der Waals surface area (Å²) in [4.78, 5) is 22.9. The first-order valence-corrected chi connectivity index (χ1v) is 8.28. The molecule has 1 atom stereocenters. The molecule has 0 fully saturated rings. The number of carbonyl (C=O) groups is 1. The Morgan fingerprint density at radius 1 is 1.12 bits per heavy atom. The van der Waals surface area contributed by atoms with E-state index in [1.54, 1.807) is 6.07 Å². The second-order valence-corrected chi connectivity index (χ2v) is 5.79. The molecule has 0 heterocycles. The number of nitro groups is 1. The number of hydrogen-bond donors (Lipinski definition) is 1. The Hall–Kier alpha value is -3.41. The Morgan fingerprint density at radius 2 is 1.85 bits per heavy atom. The number of carbonyl (C=O) groups excluding carboxylic acids is 1. The Bertz CT molecular complexity index is 950. The monoisotopic (exact) mass is 350 g/mol. The first-order valence-electron chi connectivity index (χ1n) is 8.28. The van der Waals surface area contributed by atoms with Crippen LogP contribution in [0, 0.1) is 10.1 Å². The number of rotatable bonds is 6. The molecule has 132 valence electrons. The zero-order valence-corrected chi connectivity index (χ0v) is 14.2. The highest BCUT2D eigenvalue weighted by Crippen LogP contribution is 2.27. The van der Waals surface area contributed by atoms with Crippen molar-refractivity contribution in [1.82, 2.24) is 0 Å². The van der Waals surface area contributed by atoms with E-state index >= 15 is 0 Å². The molecule has 0 radical (unpaired) electrons. The number of amides is 1. The highest BCUT2D eigenvalue weighted by molar-refractivity contribution is 5.95. The molecule has 0 saturated heterocycles. The van der Waals surface area contributed by atoms with Gasteiger partial charge in [-0.1, -0.05) is 49.4 Å². The summed E-state index contributed by atoms with van der Waals surface area (Å²) in [5.41, 5.74) is 0.287. The average Bonchev–Trinajstić information content (AvgIpc) is 2.66.